The molecule has 1 aromatic carbocycles. The van der Waals surface area contributed by atoms with E-state index in [2.05, 4.69) is 6.92 Å². The number of piperidine rings is 1. The molecular weight excluding hydrogens is 270 g/mol. The van der Waals surface area contributed by atoms with Crippen molar-refractivity contribution in [2.24, 2.45) is 5.92 Å². The van der Waals surface area contributed by atoms with Gasteiger partial charge in [0.05, 0.1) is 11.3 Å². The summed E-state index contributed by atoms with van der Waals surface area (Å²) in [4.78, 5) is 1.73. The second-order valence-electron chi connectivity index (χ2n) is 5.36. The maximum atomic E-state index is 14.0. The quantitative estimate of drug-likeness (QED) is 0.718. The van der Waals surface area contributed by atoms with Crippen LogP contribution in [0, 0.1) is 11.7 Å². The topological polar surface area (TPSA) is 3.24 Å². The average Bonchev–Trinajstić information content (AvgIpc) is 2.39. The first-order valence-corrected chi connectivity index (χ1v) is 7.04. The Morgan fingerprint density at radius 3 is 2.40 bits per heavy atom. The van der Waals surface area contributed by atoms with Gasteiger partial charge in [-0.05, 0) is 30.9 Å². The third kappa shape index (κ3) is 3.25. The van der Waals surface area contributed by atoms with E-state index in [1.54, 1.807) is 4.90 Å². The first-order chi connectivity index (χ1) is 9.43. The van der Waals surface area contributed by atoms with Gasteiger partial charge in [-0.25, -0.2) is 4.39 Å². The first kappa shape index (κ1) is 15.1. The van der Waals surface area contributed by atoms with E-state index in [4.69, 9.17) is 0 Å². The zero-order valence-corrected chi connectivity index (χ0v) is 11.5. The summed E-state index contributed by atoms with van der Waals surface area (Å²) in [7, 11) is 0. The smallest absolute Gasteiger partial charge is 0.369 e. The van der Waals surface area contributed by atoms with Crippen molar-refractivity contribution in [2.75, 3.05) is 18.0 Å². The summed E-state index contributed by atoms with van der Waals surface area (Å²) < 4.78 is 52.1. The predicted molar refractivity (Wildman–Crippen MR) is 71.2 cm³/mol. The maximum absolute atomic E-state index is 14.0. The van der Waals surface area contributed by atoms with Gasteiger partial charge < -0.3 is 4.90 Å². The van der Waals surface area contributed by atoms with Crippen LogP contribution in [-0.2, 0) is 6.18 Å². The molecule has 0 aromatic heterocycles. The molecule has 0 unspecified atom stereocenters. The fourth-order valence-electron chi connectivity index (χ4n) is 2.85. The molecule has 1 aliphatic heterocycles. The molecule has 0 spiro atoms. The van der Waals surface area contributed by atoms with Crippen molar-refractivity contribution in [3.8, 4) is 0 Å². The van der Waals surface area contributed by atoms with Crippen LogP contribution in [0.25, 0.3) is 0 Å². The number of halogens is 4. The van der Waals surface area contributed by atoms with Crippen molar-refractivity contribution in [3.63, 3.8) is 0 Å². The number of nitrogens with zero attached hydrogens (tertiary/aromatic N) is 1. The van der Waals surface area contributed by atoms with Gasteiger partial charge in [0.15, 0.2) is 5.82 Å². The van der Waals surface area contributed by atoms with Crippen molar-refractivity contribution in [1.29, 1.82) is 0 Å². The summed E-state index contributed by atoms with van der Waals surface area (Å²) in [5.74, 6) is -0.529. The lowest BCUT2D eigenvalue weighted by Gasteiger charge is -2.34. The molecule has 0 amide bonds. The van der Waals surface area contributed by atoms with Crippen LogP contribution in [-0.4, -0.2) is 13.1 Å². The van der Waals surface area contributed by atoms with Gasteiger partial charge in [0.2, 0.25) is 0 Å². The van der Waals surface area contributed by atoms with Crippen LogP contribution in [0.15, 0.2) is 18.2 Å². The van der Waals surface area contributed by atoms with Gasteiger partial charge in [0.1, 0.15) is 0 Å². The van der Waals surface area contributed by atoms with Gasteiger partial charge in [0.25, 0.3) is 0 Å². The molecule has 0 radical (unpaired) electrons. The Morgan fingerprint density at radius 2 is 1.85 bits per heavy atom. The van der Waals surface area contributed by atoms with E-state index in [-0.39, 0.29) is 5.69 Å². The molecule has 1 aliphatic rings. The molecule has 0 saturated carbocycles. The van der Waals surface area contributed by atoms with Crippen molar-refractivity contribution >= 4 is 5.69 Å². The Balaban J connectivity index is 2.15. The Bertz CT molecular complexity index is 448. The monoisotopic (exact) mass is 289 g/mol. The second-order valence-corrected chi connectivity index (χ2v) is 5.36. The van der Waals surface area contributed by atoms with Crippen molar-refractivity contribution in [2.45, 2.75) is 38.8 Å². The minimum Gasteiger partial charge on any atom is -0.369 e. The molecule has 1 heterocycles. The van der Waals surface area contributed by atoms with E-state index in [9.17, 15) is 17.6 Å². The molecule has 0 aliphatic carbocycles. The summed E-state index contributed by atoms with van der Waals surface area (Å²) in [6.07, 6.45) is -0.546. The molecule has 1 aromatic rings. The molecule has 0 N–H and O–H groups in total. The molecular formula is C15H19F4N. The normalized spacial score (nSPS) is 17.6. The molecule has 0 atom stereocenters. The zero-order valence-electron chi connectivity index (χ0n) is 11.5. The third-order valence-corrected chi connectivity index (χ3v) is 3.94. The van der Waals surface area contributed by atoms with E-state index in [1.807, 2.05) is 0 Å². The van der Waals surface area contributed by atoms with Gasteiger partial charge in [0, 0.05) is 13.1 Å². The number of rotatable bonds is 3. The van der Waals surface area contributed by atoms with E-state index >= 15 is 0 Å². The predicted octanol–water partition coefficient (Wildman–Crippen LogP) is 4.86. The summed E-state index contributed by atoms with van der Waals surface area (Å²) in [6, 6.07) is 3.51. The molecule has 5 heteroatoms. The highest BCUT2D eigenvalue weighted by Gasteiger charge is 2.35. The van der Waals surface area contributed by atoms with Gasteiger partial charge >= 0.3 is 6.18 Å². The Hall–Kier alpha value is -1.26. The first-order valence-electron chi connectivity index (χ1n) is 7.04. The van der Waals surface area contributed by atoms with Gasteiger partial charge in [-0.1, -0.05) is 25.8 Å². The molecule has 112 valence electrons. The number of hydrogen-bond acceptors (Lipinski definition) is 1. The molecule has 20 heavy (non-hydrogen) atoms. The van der Waals surface area contributed by atoms with Gasteiger partial charge in [-0.15, -0.1) is 0 Å². The lowest BCUT2D eigenvalue weighted by molar-refractivity contribution is -0.139. The van der Waals surface area contributed by atoms with Gasteiger partial charge in [-0.3, -0.25) is 0 Å². The minimum atomic E-state index is -4.64. The Labute approximate surface area is 116 Å². The number of alkyl halides is 3. The summed E-state index contributed by atoms with van der Waals surface area (Å²) >= 11 is 0. The van der Waals surface area contributed by atoms with Crippen LogP contribution in [0.4, 0.5) is 23.2 Å². The van der Waals surface area contributed by atoms with E-state index in [0.29, 0.717) is 19.0 Å². The van der Waals surface area contributed by atoms with Crippen molar-refractivity contribution < 1.29 is 17.6 Å². The largest absolute Gasteiger partial charge is 0.419 e. The molecule has 1 nitrogen and oxygen atoms in total. The fraction of sp³-hybridized carbons (Fsp3) is 0.600. The SMILES string of the molecule is CCCC1CCN(c2cccc(C(F)(F)F)c2F)CC1. The van der Waals surface area contributed by atoms with E-state index < -0.39 is 17.6 Å². The highest BCUT2D eigenvalue weighted by atomic mass is 19.4. The van der Waals surface area contributed by atoms with Crippen molar-refractivity contribution in [3.05, 3.63) is 29.6 Å². The van der Waals surface area contributed by atoms with Crippen LogP contribution in [0.1, 0.15) is 38.2 Å². The molecule has 2 rings (SSSR count). The summed E-state index contributed by atoms with van der Waals surface area (Å²) in [5, 5.41) is 0. The zero-order chi connectivity index (χ0) is 14.8. The lowest BCUT2D eigenvalue weighted by atomic mass is 9.92. The van der Waals surface area contributed by atoms with Crippen LogP contribution in [0.3, 0.4) is 0 Å². The molecule has 1 saturated heterocycles. The van der Waals surface area contributed by atoms with E-state index in [1.165, 1.54) is 12.1 Å². The van der Waals surface area contributed by atoms with Crippen molar-refractivity contribution in [1.82, 2.24) is 0 Å². The number of benzene rings is 1. The van der Waals surface area contributed by atoms with Gasteiger partial charge in [-0.2, -0.15) is 13.2 Å². The summed E-state index contributed by atoms with van der Waals surface area (Å²) in [6.45, 7) is 3.38. The summed E-state index contributed by atoms with van der Waals surface area (Å²) in [5.41, 5.74) is -1.10. The second kappa shape index (κ2) is 6.02. The van der Waals surface area contributed by atoms with E-state index in [0.717, 1.165) is 31.7 Å². The number of anilines is 1. The average molecular weight is 289 g/mol. The molecule has 0 bridgehead atoms. The van der Waals surface area contributed by atoms with Crippen LogP contribution >= 0.6 is 0 Å². The lowest BCUT2D eigenvalue weighted by Crippen LogP contribution is -2.34. The van der Waals surface area contributed by atoms with Crippen LogP contribution in [0.2, 0.25) is 0 Å². The third-order valence-electron chi connectivity index (χ3n) is 3.94. The maximum Gasteiger partial charge on any atom is 0.419 e. The Morgan fingerprint density at radius 1 is 1.20 bits per heavy atom. The number of hydrogen-bond donors (Lipinski definition) is 0. The van der Waals surface area contributed by atoms with Crippen LogP contribution < -0.4 is 4.90 Å². The Kier molecular flexibility index (Phi) is 4.55. The minimum absolute atomic E-state index is 0.0785. The standard InChI is InChI=1S/C15H19F4N/c1-2-4-11-7-9-20(10-8-11)13-6-3-5-12(14(13)16)15(17,18)19/h3,5-6,11H,2,4,7-10H2,1H3. The highest BCUT2D eigenvalue weighted by Crippen LogP contribution is 2.36. The molecule has 1 fully saturated rings. The van der Waals surface area contributed by atoms with Crippen LogP contribution in [0.5, 0.6) is 0 Å². The fourth-order valence-corrected chi connectivity index (χ4v) is 2.85. The highest BCUT2D eigenvalue weighted by molar-refractivity contribution is 5.51.